The number of primary amides is 1. The van der Waals surface area contributed by atoms with Gasteiger partial charge in [0, 0.05) is 18.0 Å². The van der Waals surface area contributed by atoms with Crippen molar-refractivity contribution in [2.75, 3.05) is 5.73 Å². The van der Waals surface area contributed by atoms with Gasteiger partial charge in [0.25, 0.3) is 5.91 Å². The van der Waals surface area contributed by atoms with Crippen molar-refractivity contribution < 1.29 is 9.90 Å². The number of nitrogens with two attached hydrogens (primary N) is 2. The van der Waals surface area contributed by atoms with E-state index >= 15 is 0 Å². The number of carbonyl (C=O) groups is 1. The minimum atomic E-state index is -0.625. The van der Waals surface area contributed by atoms with E-state index in [-0.39, 0.29) is 17.1 Å². The van der Waals surface area contributed by atoms with Crippen LogP contribution in [-0.2, 0) is 7.05 Å². The van der Waals surface area contributed by atoms with Crippen molar-refractivity contribution in [3.8, 4) is 11.4 Å². The number of aryl methyl sites for hydroxylation is 3. The highest BCUT2D eigenvalue weighted by Crippen LogP contribution is 2.39. The number of phenolic OH excluding ortho intramolecular Hbond substituents is 1. The molecule has 0 aliphatic rings. The van der Waals surface area contributed by atoms with E-state index in [1.54, 1.807) is 41.5 Å². The number of aromatic nitrogens is 4. The lowest BCUT2D eigenvalue weighted by Crippen LogP contribution is -2.14. The summed E-state index contributed by atoms with van der Waals surface area (Å²) in [5, 5.41) is 15.9. The third kappa shape index (κ3) is 2.13. The maximum Gasteiger partial charge on any atom is 0.253 e. The van der Waals surface area contributed by atoms with Gasteiger partial charge in [0.2, 0.25) is 0 Å². The molecule has 0 aliphatic heterocycles. The van der Waals surface area contributed by atoms with E-state index in [1.165, 1.54) is 0 Å². The summed E-state index contributed by atoms with van der Waals surface area (Å²) in [7, 11) is 1.80. The van der Waals surface area contributed by atoms with Crippen LogP contribution in [0.15, 0.2) is 18.3 Å². The van der Waals surface area contributed by atoms with Gasteiger partial charge < -0.3 is 16.6 Å². The summed E-state index contributed by atoms with van der Waals surface area (Å²) in [4.78, 5) is 16.8. The molecular formula is C19H20N6O2. The molecular weight excluding hydrogens is 344 g/mol. The first-order chi connectivity index (χ1) is 12.7. The van der Waals surface area contributed by atoms with Crippen molar-refractivity contribution >= 4 is 33.7 Å². The minimum absolute atomic E-state index is 0.144. The molecule has 1 aromatic carbocycles. The molecule has 3 heterocycles. The normalized spacial score (nSPS) is 11.6. The Morgan fingerprint density at radius 3 is 2.59 bits per heavy atom. The van der Waals surface area contributed by atoms with Gasteiger partial charge in [0.05, 0.1) is 34.0 Å². The summed E-state index contributed by atoms with van der Waals surface area (Å²) in [6.07, 6.45) is 1.69. The molecule has 0 fully saturated rings. The second-order valence-corrected chi connectivity index (χ2v) is 6.76. The number of pyridine rings is 1. The molecule has 0 aliphatic carbocycles. The van der Waals surface area contributed by atoms with Crippen LogP contribution in [0.3, 0.4) is 0 Å². The molecule has 4 aromatic rings. The number of phenols is 1. The van der Waals surface area contributed by atoms with E-state index in [4.69, 9.17) is 11.5 Å². The summed E-state index contributed by atoms with van der Waals surface area (Å²) >= 11 is 0. The smallest absolute Gasteiger partial charge is 0.253 e. The summed E-state index contributed by atoms with van der Waals surface area (Å²) in [5.74, 6) is -0.263. The third-order valence-corrected chi connectivity index (χ3v) is 5.08. The highest BCUT2D eigenvalue weighted by molar-refractivity contribution is 6.18. The molecule has 1 amide bonds. The molecule has 0 saturated heterocycles. The number of benzene rings is 1. The van der Waals surface area contributed by atoms with E-state index in [0.29, 0.717) is 33.5 Å². The van der Waals surface area contributed by atoms with Crippen LogP contribution in [0.2, 0.25) is 0 Å². The fourth-order valence-corrected chi connectivity index (χ4v) is 3.79. The number of aromatic hydroxyl groups is 1. The molecule has 0 bridgehead atoms. The van der Waals surface area contributed by atoms with Gasteiger partial charge in [0.15, 0.2) is 5.65 Å². The van der Waals surface area contributed by atoms with Crippen LogP contribution in [0.5, 0.6) is 5.75 Å². The molecule has 27 heavy (non-hydrogen) atoms. The second-order valence-electron chi connectivity index (χ2n) is 6.76. The minimum Gasteiger partial charge on any atom is -0.508 e. The quantitative estimate of drug-likeness (QED) is 0.503. The molecule has 0 saturated carbocycles. The zero-order valence-corrected chi connectivity index (χ0v) is 15.5. The van der Waals surface area contributed by atoms with Gasteiger partial charge in [-0.2, -0.15) is 5.10 Å². The Morgan fingerprint density at radius 1 is 1.22 bits per heavy atom. The van der Waals surface area contributed by atoms with Crippen molar-refractivity contribution in [1.82, 2.24) is 19.3 Å². The monoisotopic (exact) mass is 364 g/mol. The highest BCUT2D eigenvalue weighted by atomic mass is 16.3. The molecule has 8 heteroatoms. The van der Waals surface area contributed by atoms with Crippen molar-refractivity contribution in [3.05, 3.63) is 40.7 Å². The number of fused-ring (bicyclic) bond motifs is 3. The highest BCUT2D eigenvalue weighted by Gasteiger charge is 2.27. The Bertz CT molecular complexity index is 1270. The fraction of sp³-hybridized carbons (Fsp3) is 0.211. The Morgan fingerprint density at radius 2 is 1.93 bits per heavy atom. The summed E-state index contributed by atoms with van der Waals surface area (Å²) in [6.45, 7) is 5.54. The molecule has 0 radical (unpaired) electrons. The maximum atomic E-state index is 12.2. The van der Waals surface area contributed by atoms with Crippen molar-refractivity contribution in [2.24, 2.45) is 12.8 Å². The molecule has 0 unspecified atom stereocenters. The summed E-state index contributed by atoms with van der Waals surface area (Å²) < 4.78 is 3.44. The number of amides is 1. The predicted molar refractivity (Wildman–Crippen MR) is 104 cm³/mol. The largest absolute Gasteiger partial charge is 0.508 e. The van der Waals surface area contributed by atoms with Crippen LogP contribution < -0.4 is 11.5 Å². The third-order valence-electron chi connectivity index (χ3n) is 5.08. The zero-order valence-electron chi connectivity index (χ0n) is 15.5. The second kappa shape index (κ2) is 5.47. The fourth-order valence-electron chi connectivity index (χ4n) is 3.79. The number of hydrogen-bond donors (Lipinski definition) is 3. The van der Waals surface area contributed by atoms with Crippen molar-refractivity contribution in [1.29, 1.82) is 0 Å². The molecule has 3 aromatic heterocycles. The van der Waals surface area contributed by atoms with Gasteiger partial charge >= 0.3 is 0 Å². The van der Waals surface area contributed by atoms with Gasteiger partial charge in [-0.3, -0.25) is 14.0 Å². The first kappa shape index (κ1) is 16.9. The van der Waals surface area contributed by atoms with Crippen LogP contribution in [-0.4, -0.2) is 30.3 Å². The average molecular weight is 364 g/mol. The van der Waals surface area contributed by atoms with E-state index in [9.17, 15) is 9.90 Å². The van der Waals surface area contributed by atoms with Gasteiger partial charge in [-0.25, -0.2) is 4.98 Å². The molecule has 8 nitrogen and oxygen atoms in total. The van der Waals surface area contributed by atoms with Crippen LogP contribution in [0, 0.1) is 20.8 Å². The number of nitrogen functional groups attached to an aromatic ring is 1. The number of anilines is 1. The average Bonchev–Trinajstić information content (AvgIpc) is 3.11. The lowest BCUT2D eigenvalue weighted by molar-refractivity contribution is 0.100. The van der Waals surface area contributed by atoms with E-state index < -0.39 is 5.91 Å². The summed E-state index contributed by atoms with van der Waals surface area (Å²) in [5.41, 5.74) is 16.6. The lowest BCUT2D eigenvalue weighted by Gasteiger charge is -2.16. The van der Waals surface area contributed by atoms with Crippen LogP contribution >= 0.6 is 0 Å². The first-order valence-electron chi connectivity index (χ1n) is 8.45. The standard InChI is InChI=1S/C19H20N6O2/c1-8-5-6-12(26)9(2)15(8)25-16-11-7-22-24(4)19(11)23-10(3)13(16)14(17(25)20)18(21)27/h5-7,26H,20H2,1-4H3,(H2,21,27). The Hall–Kier alpha value is -3.55. The number of rotatable bonds is 2. The molecule has 138 valence electrons. The van der Waals surface area contributed by atoms with Crippen LogP contribution in [0.25, 0.3) is 27.6 Å². The first-order valence-corrected chi connectivity index (χ1v) is 8.45. The number of nitrogens with zero attached hydrogens (tertiary/aromatic N) is 4. The van der Waals surface area contributed by atoms with Gasteiger partial charge in [-0.05, 0) is 32.4 Å². The lowest BCUT2D eigenvalue weighted by atomic mass is 10.1. The van der Waals surface area contributed by atoms with Gasteiger partial charge in [-0.15, -0.1) is 0 Å². The van der Waals surface area contributed by atoms with Crippen LogP contribution in [0.4, 0.5) is 5.82 Å². The summed E-state index contributed by atoms with van der Waals surface area (Å²) in [6, 6.07) is 3.44. The van der Waals surface area contributed by atoms with Gasteiger partial charge in [-0.1, -0.05) is 6.07 Å². The molecule has 0 atom stereocenters. The van der Waals surface area contributed by atoms with Crippen LogP contribution in [0.1, 0.15) is 27.2 Å². The zero-order chi connectivity index (χ0) is 19.6. The van der Waals surface area contributed by atoms with E-state index in [0.717, 1.165) is 10.9 Å². The topological polar surface area (TPSA) is 125 Å². The number of carbonyl (C=O) groups excluding carboxylic acids is 1. The molecule has 0 spiro atoms. The van der Waals surface area contributed by atoms with Crippen molar-refractivity contribution in [3.63, 3.8) is 0 Å². The molecule has 5 N–H and O–H groups in total. The molecule has 4 rings (SSSR count). The Balaban J connectivity index is 2.34. The maximum absolute atomic E-state index is 12.2. The predicted octanol–water partition coefficient (Wildman–Crippen LogP) is 2.22. The van der Waals surface area contributed by atoms with Gasteiger partial charge in [0.1, 0.15) is 11.6 Å². The SMILES string of the molecule is Cc1ccc(O)c(C)c1-n1c(N)c(C(N)=O)c2c(C)nc3c(cnn3C)c21. The Labute approximate surface area is 155 Å². The van der Waals surface area contributed by atoms with E-state index in [1.807, 2.05) is 13.8 Å². The van der Waals surface area contributed by atoms with E-state index in [2.05, 4.69) is 10.1 Å². The van der Waals surface area contributed by atoms with Crippen molar-refractivity contribution in [2.45, 2.75) is 20.8 Å². The Kier molecular flexibility index (Phi) is 3.42. The number of hydrogen-bond acceptors (Lipinski definition) is 5.